The molecule has 1 aromatic heterocycles. The van der Waals surface area contributed by atoms with Crippen LogP contribution in [0.4, 0.5) is 5.69 Å². The Morgan fingerprint density at radius 2 is 2.31 bits per heavy atom. The van der Waals surface area contributed by atoms with Gasteiger partial charge in [0.15, 0.2) is 6.29 Å². The highest BCUT2D eigenvalue weighted by Crippen LogP contribution is 2.21. The summed E-state index contributed by atoms with van der Waals surface area (Å²) in [7, 11) is 1.77. The van der Waals surface area contributed by atoms with Gasteiger partial charge in [0.05, 0.1) is 11.2 Å². The third-order valence-electron chi connectivity index (χ3n) is 2.04. The number of rotatable bonds is 1. The number of hydrogen-bond donors (Lipinski definition) is 1. The first-order chi connectivity index (χ1) is 6.24. The molecule has 2 rings (SSSR count). The molecule has 0 fully saturated rings. The molecule has 0 radical (unpaired) electrons. The molecular weight excluding hydrogens is 166 g/mol. The number of fused-ring (bicyclic) bond motifs is 1. The van der Waals surface area contributed by atoms with Gasteiger partial charge in [-0.05, 0) is 6.07 Å². The maximum Gasteiger partial charge on any atom is 0.170 e. The standard InChI is InChI=1S/C9H9N3O/c1-12-9-6(8(5-13)11-12)3-2-4-7(9)10/h2-5H,10H2,1H3. The van der Waals surface area contributed by atoms with Crippen LogP contribution in [0.5, 0.6) is 0 Å². The van der Waals surface area contributed by atoms with Crippen LogP contribution in [0.25, 0.3) is 10.9 Å². The Morgan fingerprint density at radius 1 is 1.54 bits per heavy atom. The van der Waals surface area contributed by atoms with E-state index in [4.69, 9.17) is 5.73 Å². The quantitative estimate of drug-likeness (QED) is 0.519. The van der Waals surface area contributed by atoms with Gasteiger partial charge in [-0.1, -0.05) is 12.1 Å². The molecule has 0 saturated heterocycles. The van der Waals surface area contributed by atoms with Crippen molar-refractivity contribution in [3.63, 3.8) is 0 Å². The Balaban J connectivity index is 2.95. The van der Waals surface area contributed by atoms with Crippen LogP contribution in [0.15, 0.2) is 18.2 Å². The Kier molecular flexibility index (Phi) is 1.55. The number of nitrogen functional groups attached to an aromatic ring is 1. The maximum absolute atomic E-state index is 10.6. The molecule has 2 aromatic rings. The molecule has 4 heteroatoms. The molecule has 0 aliphatic heterocycles. The summed E-state index contributed by atoms with van der Waals surface area (Å²) < 4.78 is 1.62. The first kappa shape index (κ1) is 7.79. The second kappa shape index (κ2) is 2.58. The predicted octanol–water partition coefficient (Wildman–Crippen LogP) is 0.968. The van der Waals surface area contributed by atoms with Gasteiger partial charge in [0.2, 0.25) is 0 Å². The zero-order chi connectivity index (χ0) is 9.42. The van der Waals surface area contributed by atoms with Gasteiger partial charge >= 0.3 is 0 Å². The number of benzene rings is 1. The third kappa shape index (κ3) is 0.989. The van der Waals surface area contributed by atoms with Crippen molar-refractivity contribution in [1.82, 2.24) is 9.78 Å². The lowest BCUT2D eigenvalue weighted by molar-refractivity contribution is 0.112. The number of nitrogens with zero attached hydrogens (tertiary/aromatic N) is 2. The summed E-state index contributed by atoms with van der Waals surface area (Å²) in [6.45, 7) is 0. The topological polar surface area (TPSA) is 60.9 Å². The monoisotopic (exact) mass is 175 g/mol. The SMILES string of the molecule is Cn1nc(C=O)c2cccc(N)c21. The molecule has 66 valence electrons. The van der Waals surface area contributed by atoms with E-state index in [1.807, 2.05) is 12.1 Å². The highest BCUT2D eigenvalue weighted by Gasteiger charge is 2.08. The van der Waals surface area contributed by atoms with E-state index in [9.17, 15) is 4.79 Å². The second-order valence-corrected chi connectivity index (χ2v) is 2.87. The summed E-state index contributed by atoms with van der Waals surface area (Å²) >= 11 is 0. The van der Waals surface area contributed by atoms with E-state index in [0.717, 1.165) is 17.2 Å². The molecule has 0 unspecified atom stereocenters. The average Bonchev–Trinajstić information content (AvgIpc) is 2.44. The molecule has 0 aliphatic rings. The van der Waals surface area contributed by atoms with E-state index in [2.05, 4.69) is 5.10 Å². The number of aromatic nitrogens is 2. The molecule has 13 heavy (non-hydrogen) atoms. The summed E-state index contributed by atoms with van der Waals surface area (Å²) in [5.41, 5.74) is 7.63. The normalized spacial score (nSPS) is 10.5. The number of para-hydroxylation sites is 1. The van der Waals surface area contributed by atoms with Gasteiger partial charge in [0.1, 0.15) is 5.69 Å². The average molecular weight is 175 g/mol. The van der Waals surface area contributed by atoms with Gasteiger partial charge < -0.3 is 5.73 Å². The number of nitrogens with two attached hydrogens (primary N) is 1. The number of anilines is 1. The van der Waals surface area contributed by atoms with Gasteiger partial charge in [-0.2, -0.15) is 5.10 Å². The van der Waals surface area contributed by atoms with Gasteiger partial charge in [-0.3, -0.25) is 9.48 Å². The van der Waals surface area contributed by atoms with Gasteiger partial charge in [0.25, 0.3) is 0 Å². The van der Waals surface area contributed by atoms with E-state index in [1.165, 1.54) is 0 Å². The van der Waals surface area contributed by atoms with Crippen LogP contribution in [0, 0.1) is 0 Å². The molecule has 0 amide bonds. The molecule has 4 nitrogen and oxygen atoms in total. The van der Waals surface area contributed by atoms with Crippen molar-refractivity contribution in [1.29, 1.82) is 0 Å². The molecule has 1 heterocycles. The first-order valence-corrected chi connectivity index (χ1v) is 3.90. The van der Waals surface area contributed by atoms with Crippen LogP contribution in [-0.4, -0.2) is 16.1 Å². The van der Waals surface area contributed by atoms with E-state index >= 15 is 0 Å². The minimum absolute atomic E-state index is 0.435. The molecule has 0 atom stereocenters. The van der Waals surface area contributed by atoms with Crippen molar-refractivity contribution in [2.75, 3.05) is 5.73 Å². The van der Waals surface area contributed by atoms with Crippen LogP contribution in [0.1, 0.15) is 10.5 Å². The fourth-order valence-electron chi connectivity index (χ4n) is 1.48. The summed E-state index contributed by atoms with van der Waals surface area (Å²) in [4.78, 5) is 10.6. The summed E-state index contributed by atoms with van der Waals surface area (Å²) in [5, 5.41) is 4.84. The Labute approximate surface area is 75.0 Å². The van der Waals surface area contributed by atoms with E-state index in [-0.39, 0.29) is 0 Å². The van der Waals surface area contributed by atoms with Crippen molar-refractivity contribution in [2.24, 2.45) is 7.05 Å². The van der Waals surface area contributed by atoms with Gasteiger partial charge in [-0.15, -0.1) is 0 Å². The van der Waals surface area contributed by atoms with Crippen LogP contribution < -0.4 is 5.73 Å². The Bertz CT molecular complexity index is 473. The largest absolute Gasteiger partial charge is 0.397 e. The van der Waals surface area contributed by atoms with Crippen molar-refractivity contribution in [3.8, 4) is 0 Å². The molecular formula is C9H9N3O. The summed E-state index contributed by atoms with van der Waals surface area (Å²) in [6.07, 6.45) is 0.738. The fourth-order valence-corrected chi connectivity index (χ4v) is 1.48. The van der Waals surface area contributed by atoms with Crippen LogP contribution in [0.3, 0.4) is 0 Å². The highest BCUT2D eigenvalue weighted by atomic mass is 16.1. The molecule has 0 saturated carbocycles. The fraction of sp³-hybridized carbons (Fsp3) is 0.111. The Hall–Kier alpha value is -1.84. The van der Waals surface area contributed by atoms with Gasteiger partial charge in [0, 0.05) is 12.4 Å². The van der Waals surface area contributed by atoms with Gasteiger partial charge in [-0.25, -0.2) is 0 Å². The first-order valence-electron chi connectivity index (χ1n) is 3.90. The molecule has 0 spiro atoms. The lowest BCUT2D eigenvalue weighted by Crippen LogP contribution is -1.94. The summed E-state index contributed by atoms with van der Waals surface area (Å²) in [5.74, 6) is 0. The number of aldehydes is 1. The van der Waals surface area contributed by atoms with Crippen molar-refractivity contribution >= 4 is 22.9 Å². The minimum atomic E-state index is 0.435. The summed E-state index contributed by atoms with van der Waals surface area (Å²) in [6, 6.07) is 5.44. The number of aryl methyl sites for hydroxylation is 1. The number of carbonyl (C=O) groups excluding carboxylic acids is 1. The number of carbonyl (C=O) groups is 1. The second-order valence-electron chi connectivity index (χ2n) is 2.87. The van der Waals surface area contributed by atoms with E-state index < -0.39 is 0 Å². The maximum atomic E-state index is 10.6. The van der Waals surface area contributed by atoms with Crippen LogP contribution in [0.2, 0.25) is 0 Å². The lowest BCUT2D eigenvalue weighted by atomic mass is 10.2. The van der Waals surface area contributed by atoms with Crippen molar-refractivity contribution < 1.29 is 4.79 Å². The molecule has 1 aromatic carbocycles. The van der Waals surface area contributed by atoms with E-state index in [1.54, 1.807) is 17.8 Å². The van der Waals surface area contributed by atoms with Crippen molar-refractivity contribution in [3.05, 3.63) is 23.9 Å². The van der Waals surface area contributed by atoms with E-state index in [0.29, 0.717) is 11.4 Å². The molecule has 0 aliphatic carbocycles. The number of hydrogen-bond acceptors (Lipinski definition) is 3. The zero-order valence-electron chi connectivity index (χ0n) is 7.19. The smallest absolute Gasteiger partial charge is 0.170 e. The lowest BCUT2D eigenvalue weighted by Gasteiger charge is -1.97. The highest BCUT2D eigenvalue weighted by molar-refractivity contribution is 6.00. The Morgan fingerprint density at radius 3 is 3.00 bits per heavy atom. The molecule has 2 N–H and O–H groups in total. The minimum Gasteiger partial charge on any atom is -0.397 e. The predicted molar refractivity (Wildman–Crippen MR) is 50.5 cm³/mol. The van der Waals surface area contributed by atoms with Crippen LogP contribution >= 0.6 is 0 Å². The third-order valence-corrected chi connectivity index (χ3v) is 2.04. The van der Waals surface area contributed by atoms with Crippen molar-refractivity contribution in [2.45, 2.75) is 0 Å². The van der Waals surface area contributed by atoms with Crippen LogP contribution in [-0.2, 0) is 7.05 Å². The molecule has 0 bridgehead atoms. The zero-order valence-corrected chi connectivity index (χ0v) is 7.19.